The normalized spacial score (nSPS) is 16.0. The Morgan fingerprint density at radius 3 is 2.42 bits per heavy atom. The Kier molecular flexibility index (Phi) is 4.75. The quantitative estimate of drug-likeness (QED) is 0.731. The third-order valence-corrected chi connectivity index (χ3v) is 4.73. The predicted molar refractivity (Wildman–Crippen MR) is 91.6 cm³/mol. The van der Waals surface area contributed by atoms with Crippen molar-refractivity contribution < 1.29 is 4.74 Å². The van der Waals surface area contributed by atoms with Gasteiger partial charge >= 0.3 is 5.69 Å². The predicted octanol–water partition coefficient (Wildman–Crippen LogP) is 0.226. The van der Waals surface area contributed by atoms with Crippen molar-refractivity contribution in [1.82, 2.24) is 23.6 Å². The van der Waals surface area contributed by atoms with Gasteiger partial charge in [-0.2, -0.15) is 4.98 Å². The molecule has 1 fully saturated rings. The van der Waals surface area contributed by atoms with E-state index in [1.54, 1.807) is 18.7 Å². The third kappa shape index (κ3) is 2.98. The minimum absolute atomic E-state index is 0.355. The summed E-state index contributed by atoms with van der Waals surface area (Å²) in [6.45, 7) is 3.90. The highest BCUT2D eigenvalue weighted by atomic mass is 16.5. The molecule has 2 aromatic rings. The molecule has 0 spiro atoms. The van der Waals surface area contributed by atoms with Crippen LogP contribution in [0.25, 0.3) is 11.2 Å². The minimum Gasteiger partial charge on any atom is -0.465 e. The lowest BCUT2D eigenvalue weighted by Gasteiger charge is -2.26. The molecular weight excluding hydrogens is 310 g/mol. The molecular formula is C16H25N5O3. The molecule has 8 nitrogen and oxygen atoms in total. The van der Waals surface area contributed by atoms with Crippen LogP contribution in [0.3, 0.4) is 0 Å². The summed E-state index contributed by atoms with van der Waals surface area (Å²) in [7, 11) is 4.81. The zero-order chi connectivity index (χ0) is 17.3. The first-order valence-electron chi connectivity index (χ1n) is 8.48. The van der Waals surface area contributed by atoms with Crippen LogP contribution >= 0.6 is 0 Å². The van der Waals surface area contributed by atoms with Gasteiger partial charge in [-0.15, -0.1) is 0 Å². The third-order valence-electron chi connectivity index (χ3n) is 4.73. The van der Waals surface area contributed by atoms with Crippen LogP contribution in [-0.4, -0.2) is 49.8 Å². The Bertz CT molecular complexity index is 842. The molecule has 3 rings (SSSR count). The minimum atomic E-state index is -0.387. The number of aromatic nitrogens is 4. The molecule has 8 heteroatoms. The topological polar surface area (TPSA) is 74.3 Å². The molecule has 0 radical (unpaired) electrons. The van der Waals surface area contributed by atoms with Gasteiger partial charge in [0.1, 0.15) is 0 Å². The number of aryl methyl sites for hydroxylation is 2. The smallest absolute Gasteiger partial charge is 0.332 e. The van der Waals surface area contributed by atoms with Gasteiger partial charge in [-0.3, -0.25) is 18.5 Å². The summed E-state index contributed by atoms with van der Waals surface area (Å²) in [5.74, 6) is 0. The van der Waals surface area contributed by atoms with E-state index >= 15 is 0 Å². The number of likely N-dealkylation sites (tertiary alicyclic amines) is 1. The van der Waals surface area contributed by atoms with Crippen molar-refractivity contribution in [1.29, 1.82) is 0 Å². The van der Waals surface area contributed by atoms with Gasteiger partial charge in [0.25, 0.3) is 11.6 Å². The van der Waals surface area contributed by atoms with Gasteiger partial charge in [-0.25, -0.2) is 4.79 Å². The molecule has 1 saturated heterocycles. The fourth-order valence-corrected chi connectivity index (χ4v) is 3.26. The van der Waals surface area contributed by atoms with Crippen molar-refractivity contribution in [2.24, 2.45) is 21.1 Å². The number of piperidine rings is 1. The Morgan fingerprint density at radius 2 is 1.71 bits per heavy atom. The molecule has 0 aromatic carbocycles. The summed E-state index contributed by atoms with van der Waals surface area (Å²) in [6.07, 6.45) is 4.81. The fourth-order valence-electron chi connectivity index (χ4n) is 3.26. The van der Waals surface area contributed by atoms with E-state index in [2.05, 4.69) is 9.88 Å². The SMILES string of the molecule is Cn1c(=O)c2c(nc(OCCCN3CCCCC3)n2C)n(C)c1=O. The van der Waals surface area contributed by atoms with E-state index in [1.165, 1.54) is 44.0 Å². The molecule has 132 valence electrons. The second-order valence-corrected chi connectivity index (χ2v) is 6.44. The molecule has 1 aliphatic rings. The Labute approximate surface area is 140 Å². The second kappa shape index (κ2) is 6.80. The van der Waals surface area contributed by atoms with Crippen molar-refractivity contribution in [3.63, 3.8) is 0 Å². The second-order valence-electron chi connectivity index (χ2n) is 6.44. The van der Waals surface area contributed by atoms with Crippen molar-refractivity contribution in [2.45, 2.75) is 25.7 Å². The maximum absolute atomic E-state index is 12.3. The molecule has 0 N–H and O–H groups in total. The van der Waals surface area contributed by atoms with Crippen LogP contribution in [0.2, 0.25) is 0 Å². The van der Waals surface area contributed by atoms with Gasteiger partial charge in [-0.05, 0) is 32.4 Å². The highest BCUT2D eigenvalue weighted by Gasteiger charge is 2.17. The number of fused-ring (bicyclic) bond motifs is 1. The van der Waals surface area contributed by atoms with Crippen molar-refractivity contribution >= 4 is 11.2 Å². The summed E-state index contributed by atoms with van der Waals surface area (Å²) < 4.78 is 9.85. The van der Waals surface area contributed by atoms with E-state index in [1.807, 2.05) is 0 Å². The van der Waals surface area contributed by atoms with E-state index in [9.17, 15) is 9.59 Å². The zero-order valence-electron chi connectivity index (χ0n) is 14.6. The van der Waals surface area contributed by atoms with Gasteiger partial charge in [0.15, 0.2) is 11.2 Å². The summed E-state index contributed by atoms with van der Waals surface area (Å²) in [4.78, 5) is 31.1. The Morgan fingerprint density at radius 1 is 1.00 bits per heavy atom. The van der Waals surface area contributed by atoms with Crippen LogP contribution in [0.1, 0.15) is 25.7 Å². The number of ether oxygens (including phenoxy) is 1. The molecule has 0 amide bonds. The monoisotopic (exact) mass is 335 g/mol. The van der Waals surface area contributed by atoms with Gasteiger partial charge in [0, 0.05) is 27.7 Å². The van der Waals surface area contributed by atoms with Crippen molar-refractivity contribution in [3.8, 4) is 6.01 Å². The van der Waals surface area contributed by atoms with Crippen LogP contribution in [0.5, 0.6) is 6.01 Å². The van der Waals surface area contributed by atoms with Crippen LogP contribution in [0.4, 0.5) is 0 Å². The molecule has 0 saturated carbocycles. The Balaban J connectivity index is 1.72. The van der Waals surface area contributed by atoms with Gasteiger partial charge in [-0.1, -0.05) is 6.42 Å². The summed E-state index contributed by atoms with van der Waals surface area (Å²) in [5, 5.41) is 0. The lowest BCUT2D eigenvalue weighted by molar-refractivity contribution is 0.199. The number of imidazole rings is 1. The summed E-state index contributed by atoms with van der Waals surface area (Å²) in [5.41, 5.74) is -0.00391. The van der Waals surface area contributed by atoms with Gasteiger partial charge in [0.05, 0.1) is 6.61 Å². The first-order valence-corrected chi connectivity index (χ1v) is 8.48. The van der Waals surface area contributed by atoms with E-state index in [4.69, 9.17) is 4.74 Å². The fraction of sp³-hybridized carbons (Fsp3) is 0.688. The first-order chi connectivity index (χ1) is 11.5. The molecule has 1 aliphatic heterocycles. The number of rotatable bonds is 5. The van der Waals surface area contributed by atoms with Crippen LogP contribution in [0, 0.1) is 0 Å². The average Bonchev–Trinajstić information content (AvgIpc) is 2.93. The molecule has 0 bridgehead atoms. The lowest BCUT2D eigenvalue weighted by Crippen LogP contribution is -2.37. The maximum Gasteiger partial charge on any atom is 0.332 e. The highest BCUT2D eigenvalue weighted by Crippen LogP contribution is 2.15. The van der Waals surface area contributed by atoms with E-state index in [0.29, 0.717) is 23.8 Å². The Hall–Kier alpha value is -2.09. The first kappa shape index (κ1) is 16.8. The lowest BCUT2D eigenvalue weighted by atomic mass is 10.1. The molecule has 24 heavy (non-hydrogen) atoms. The molecule has 0 atom stereocenters. The van der Waals surface area contributed by atoms with E-state index in [0.717, 1.165) is 17.5 Å². The molecule has 0 aliphatic carbocycles. The van der Waals surface area contributed by atoms with Crippen LogP contribution in [-0.2, 0) is 21.1 Å². The average molecular weight is 335 g/mol. The largest absolute Gasteiger partial charge is 0.465 e. The van der Waals surface area contributed by atoms with E-state index in [-0.39, 0.29) is 11.2 Å². The maximum atomic E-state index is 12.3. The van der Waals surface area contributed by atoms with Gasteiger partial charge < -0.3 is 9.64 Å². The van der Waals surface area contributed by atoms with E-state index < -0.39 is 0 Å². The summed E-state index contributed by atoms with van der Waals surface area (Å²) >= 11 is 0. The highest BCUT2D eigenvalue weighted by molar-refractivity contribution is 5.71. The molecule has 2 aromatic heterocycles. The molecule has 0 unspecified atom stereocenters. The van der Waals surface area contributed by atoms with Crippen molar-refractivity contribution in [2.75, 3.05) is 26.2 Å². The van der Waals surface area contributed by atoms with Crippen LogP contribution in [0.15, 0.2) is 9.59 Å². The zero-order valence-corrected chi connectivity index (χ0v) is 14.6. The van der Waals surface area contributed by atoms with Crippen LogP contribution < -0.4 is 16.0 Å². The standard InChI is InChI=1S/C16H25N5O3/c1-18-12-13(19(2)16(23)20(3)14(12)22)17-15(18)24-11-7-10-21-8-5-4-6-9-21/h4-11H2,1-3H3. The number of hydrogen-bond acceptors (Lipinski definition) is 5. The van der Waals surface area contributed by atoms with Crippen molar-refractivity contribution in [3.05, 3.63) is 20.8 Å². The number of hydrogen-bond donors (Lipinski definition) is 0. The molecule has 3 heterocycles. The summed E-state index contributed by atoms with van der Waals surface area (Å²) in [6, 6.07) is 0.377. The van der Waals surface area contributed by atoms with Gasteiger partial charge in [0.2, 0.25) is 0 Å². The number of nitrogens with zero attached hydrogens (tertiary/aromatic N) is 5.